The predicted octanol–water partition coefficient (Wildman–Crippen LogP) is -8.45. The van der Waals surface area contributed by atoms with Gasteiger partial charge in [0.2, 0.25) is 0 Å². The van der Waals surface area contributed by atoms with Crippen molar-refractivity contribution in [2.75, 3.05) is 39.3 Å². The molecular weight excluding hydrogens is 315 g/mol. The van der Waals surface area contributed by atoms with E-state index in [4.69, 9.17) is 38.5 Å². The van der Waals surface area contributed by atoms with Crippen LogP contribution in [0, 0.1) is 74.1 Å². The monoisotopic (exact) mass is 334 g/mol. The largest absolute Gasteiger partial charge is 1.00 e. The second-order valence-electron chi connectivity index (χ2n) is 3.79. The smallest absolute Gasteiger partial charge is 0.140 e. The van der Waals surface area contributed by atoms with E-state index < -0.39 is 0 Å². The molecule has 0 rings (SSSR count). The number of terminal acetylenes is 6. The van der Waals surface area contributed by atoms with Crippen molar-refractivity contribution in [2.45, 2.75) is 0 Å². The van der Waals surface area contributed by atoms with Gasteiger partial charge in [0.15, 0.2) is 0 Å². The molecule has 2 N–H and O–H groups in total. The molecule has 0 amide bonds. The maximum atomic E-state index is 5.08. The Morgan fingerprint density at radius 1 is 0.409 bits per heavy atom. The molecule has 0 saturated heterocycles. The Morgan fingerprint density at radius 3 is 0.636 bits per heavy atom. The summed E-state index contributed by atoms with van der Waals surface area (Å²) in [4.78, 5) is 2.15. The first-order valence-corrected chi connectivity index (χ1v) is 5.97. The third-order valence-corrected chi connectivity index (χ3v) is 2.11. The van der Waals surface area contributed by atoms with Gasteiger partial charge in [-0.3, -0.25) is 0 Å². The van der Waals surface area contributed by atoms with Crippen LogP contribution in [0.3, 0.4) is 0 Å². The van der Waals surface area contributed by atoms with E-state index in [-0.39, 0.29) is 24.8 Å². The lowest BCUT2D eigenvalue weighted by atomic mass is 10.4. The summed E-state index contributed by atoms with van der Waals surface area (Å²) in [6, 6.07) is 0. The van der Waals surface area contributed by atoms with Crippen molar-refractivity contribution in [3.05, 3.63) is 0 Å². The molecule has 0 radical (unpaired) electrons. The third kappa shape index (κ3) is 20.2. The summed E-state index contributed by atoms with van der Waals surface area (Å²) in [5, 5.41) is 0. The predicted molar refractivity (Wildman–Crippen MR) is 84.1 cm³/mol. The quantitative estimate of drug-likeness (QED) is 0.446. The fourth-order valence-corrected chi connectivity index (χ4v) is 1.24. The van der Waals surface area contributed by atoms with E-state index in [2.05, 4.69) is 35.5 Å². The molecule has 0 aliphatic carbocycles. The number of quaternary nitrogens is 2. The molecule has 0 unspecified atom stereocenters. The summed E-state index contributed by atoms with van der Waals surface area (Å²) < 4.78 is 0. The molecule has 0 spiro atoms. The molecule has 0 aromatic carbocycles. The zero-order chi connectivity index (χ0) is 15.6. The normalized spacial score (nSPS) is 7.09. The summed E-state index contributed by atoms with van der Waals surface area (Å²) >= 11 is 0. The number of nitrogens with one attached hydrogen (secondary N) is 2. The van der Waals surface area contributed by atoms with Gasteiger partial charge in [-0.2, -0.15) is 0 Å². The van der Waals surface area contributed by atoms with E-state index in [1.165, 1.54) is 0 Å². The van der Waals surface area contributed by atoms with Gasteiger partial charge in [-0.15, -0.1) is 38.5 Å². The minimum Gasteiger partial charge on any atom is -1.00 e. The Kier molecular flexibility index (Phi) is 30.5. The van der Waals surface area contributed by atoms with Crippen molar-refractivity contribution in [1.29, 1.82) is 0 Å². The summed E-state index contributed by atoms with van der Waals surface area (Å²) in [6.07, 6.45) is 30.5. The van der Waals surface area contributed by atoms with Gasteiger partial charge in [-0.25, -0.2) is 0 Å². The molecule has 0 bridgehead atoms. The van der Waals surface area contributed by atoms with Crippen LogP contribution in [0.15, 0.2) is 0 Å². The SMILES string of the molecule is C#CC[NH+](CC#C)CC#C.C#CC[NH+](CC#C)CC#C.[Cl-].[Cl-]. The van der Waals surface area contributed by atoms with Crippen LogP contribution in [0.4, 0.5) is 0 Å². The van der Waals surface area contributed by atoms with Crippen molar-refractivity contribution in [1.82, 2.24) is 0 Å². The summed E-state index contributed by atoms with van der Waals surface area (Å²) in [5.41, 5.74) is 0. The van der Waals surface area contributed by atoms with Gasteiger partial charge in [0, 0.05) is 0 Å². The lowest BCUT2D eigenvalue weighted by Crippen LogP contribution is -3.11. The molecule has 0 aromatic heterocycles. The zero-order valence-electron chi connectivity index (χ0n) is 12.5. The van der Waals surface area contributed by atoms with Crippen LogP contribution in [0.2, 0.25) is 0 Å². The van der Waals surface area contributed by atoms with Crippen LogP contribution in [0.25, 0.3) is 0 Å². The van der Waals surface area contributed by atoms with Crippen LogP contribution in [0.1, 0.15) is 0 Å². The van der Waals surface area contributed by atoms with Crippen molar-refractivity contribution < 1.29 is 34.6 Å². The molecule has 0 aliphatic rings. The van der Waals surface area contributed by atoms with Crippen molar-refractivity contribution in [2.24, 2.45) is 0 Å². The molecule has 0 atom stereocenters. The van der Waals surface area contributed by atoms with Crippen LogP contribution in [-0.4, -0.2) is 39.3 Å². The van der Waals surface area contributed by atoms with E-state index in [0.29, 0.717) is 39.3 Å². The molecule has 2 nitrogen and oxygen atoms in total. The van der Waals surface area contributed by atoms with Gasteiger partial charge in [0.1, 0.15) is 39.3 Å². The highest BCUT2D eigenvalue weighted by atomic mass is 35.5. The standard InChI is InChI=1S/2C9H9N.2ClH/c2*1-4-7-10(8-5-2)9-6-3;;/h2*1-3H,7-9H2;2*1H. The molecule has 4 heteroatoms. The summed E-state index contributed by atoms with van der Waals surface area (Å²) in [6.45, 7) is 3.63. The molecule has 0 aromatic rings. The first-order valence-electron chi connectivity index (χ1n) is 5.97. The van der Waals surface area contributed by atoms with Gasteiger partial charge in [0.25, 0.3) is 0 Å². The van der Waals surface area contributed by atoms with E-state index >= 15 is 0 Å². The maximum absolute atomic E-state index is 5.08. The lowest BCUT2D eigenvalue weighted by molar-refractivity contribution is -0.877. The second-order valence-corrected chi connectivity index (χ2v) is 3.79. The Labute approximate surface area is 148 Å². The molecule has 0 heterocycles. The number of hydrogen-bond acceptors (Lipinski definition) is 0. The Bertz CT molecular complexity index is 374. The number of halogens is 2. The van der Waals surface area contributed by atoms with Gasteiger partial charge in [-0.05, 0) is 35.5 Å². The highest BCUT2D eigenvalue weighted by Crippen LogP contribution is 1.49. The van der Waals surface area contributed by atoms with Gasteiger partial charge < -0.3 is 34.6 Å². The first-order chi connectivity index (χ1) is 9.69. The van der Waals surface area contributed by atoms with Crippen molar-refractivity contribution in [3.63, 3.8) is 0 Å². The highest BCUT2D eigenvalue weighted by molar-refractivity contribution is 4.90. The van der Waals surface area contributed by atoms with E-state index in [1.54, 1.807) is 0 Å². The molecule has 116 valence electrons. The van der Waals surface area contributed by atoms with E-state index in [9.17, 15) is 0 Å². The van der Waals surface area contributed by atoms with Crippen molar-refractivity contribution in [3.8, 4) is 74.1 Å². The van der Waals surface area contributed by atoms with Crippen LogP contribution >= 0.6 is 0 Å². The Hall–Kier alpha value is -2.14. The Balaban J connectivity index is -0.000000135. The van der Waals surface area contributed by atoms with E-state index in [0.717, 1.165) is 9.80 Å². The number of rotatable bonds is 6. The fourth-order valence-electron chi connectivity index (χ4n) is 1.24. The zero-order valence-corrected chi connectivity index (χ0v) is 14.0. The van der Waals surface area contributed by atoms with Crippen LogP contribution in [-0.2, 0) is 0 Å². The van der Waals surface area contributed by atoms with Crippen LogP contribution < -0.4 is 34.6 Å². The minimum absolute atomic E-state index is 0. The van der Waals surface area contributed by atoms with Gasteiger partial charge in [0.05, 0.1) is 0 Å². The lowest BCUT2D eigenvalue weighted by Gasteiger charge is -2.08. The van der Waals surface area contributed by atoms with Crippen LogP contribution in [0.5, 0.6) is 0 Å². The van der Waals surface area contributed by atoms with E-state index in [1.807, 2.05) is 0 Å². The molecule has 22 heavy (non-hydrogen) atoms. The Morgan fingerprint density at radius 2 is 0.545 bits per heavy atom. The molecule has 0 fully saturated rings. The topological polar surface area (TPSA) is 8.88 Å². The summed E-state index contributed by atoms with van der Waals surface area (Å²) in [7, 11) is 0. The van der Waals surface area contributed by atoms with Gasteiger partial charge in [-0.1, -0.05) is 0 Å². The average molecular weight is 335 g/mol. The maximum Gasteiger partial charge on any atom is 0.140 e. The van der Waals surface area contributed by atoms with Gasteiger partial charge >= 0.3 is 0 Å². The molecular formula is C18H20Cl2N2. The van der Waals surface area contributed by atoms with Crippen molar-refractivity contribution >= 4 is 0 Å². The number of hydrogen-bond donors (Lipinski definition) is 2. The average Bonchev–Trinajstić information content (AvgIpc) is 2.41. The minimum atomic E-state index is 0. The fraction of sp³-hybridized carbons (Fsp3) is 0.333. The summed E-state index contributed by atoms with van der Waals surface area (Å²) in [5.74, 6) is 15.1. The highest BCUT2D eigenvalue weighted by Gasteiger charge is 2.00. The third-order valence-electron chi connectivity index (χ3n) is 2.11. The first kappa shape index (κ1) is 28.1. The molecule has 0 aliphatic heterocycles. The molecule has 0 saturated carbocycles. The second kappa shape index (κ2) is 23.9.